The topological polar surface area (TPSA) is 35.5 Å². The summed E-state index contributed by atoms with van der Waals surface area (Å²) in [6.07, 6.45) is 3.99. The van der Waals surface area contributed by atoms with Gasteiger partial charge >= 0.3 is 5.97 Å². The third-order valence-corrected chi connectivity index (χ3v) is 4.38. The van der Waals surface area contributed by atoms with Crippen molar-refractivity contribution in [3.8, 4) is 5.75 Å². The van der Waals surface area contributed by atoms with Crippen LogP contribution in [0, 0.1) is 17.3 Å². The molecular weight excluding hydrogens is 276 g/mol. The molecule has 1 aliphatic rings. The van der Waals surface area contributed by atoms with Gasteiger partial charge in [0.05, 0.1) is 25.2 Å². The summed E-state index contributed by atoms with van der Waals surface area (Å²) in [6.45, 7) is 4.14. The molecule has 1 aromatic rings. The van der Waals surface area contributed by atoms with E-state index in [-0.39, 0.29) is 23.2 Å². The second kappa shape index (κ2) is 5.49. The number of carbonyl (C=O) groups is 1. The second-order valence-electron chi connectivity index (χ2n) is 5.59. The minimum Gasteiger partial charge on any atom is -0.497 e. The van der Waals surface area contributed by atoms with Gasteiger partial charge in [0.15, 0.2) is 0 Å². The Morgan fingerprint density at radius 1 is 1.35 bits per heavy atom. The summed E-state index contributed by atoms with van der Waals surface area (Å²) >= 11 is 6.19. The van der Waals surface area contributed by atoms with Gasteiger partial charge in [-0.1, -0.05) is 37.6 Å². The van der Waals surface area contributed by atoms with Gasteiger partial charge in [0, 0.05) is 0 Å². The Morgan fingerprint density at radius 3 is 2.60 bits per heavy atom. The minimum atomic E-state index is -0.148. The standard InChI is InChI=1S/C16H19ClO3/c1-16(2)12(14(16)15(18)20-4)8-6-10-5-7-11(19-3)9-13(10)17/h5-9,12,14H,1-4H3/b8-6+. The predicted molar refractivity (Wildman–Crippen MR) is 79.8 cm³/mol. The lowest BCUT2D eigenvalue weighted by molar-refractivity contribution is -0.143. The summed E-state index contributed by atoms with van der Waals surface area (Å²) in [5.74, 6) is 0.700. The van der Waals surface area contributed by atoms with E-state index in [1.54, 1.807) is 13.2 Å². The first-order valence-electron chi connectivity index (χ1n) is 6.51. The Labute approximate surface area is 124 Å². The average molecular weight is 295 g/mol. The number of benzene rings is 1. The van der Waals surface area contributed by atoms with Gasteiger partial charge in [-0.2, -0.15) is 0 Å². The lowest BCUT2D eigenvalue weighted by Gasteiger charge is -2.03. The molecule has 0 amide bonds. The van der Waals surface area contributed by atoms with Crippen molar-refractivity contribution in [3.05, 3.63) is 34.9 Å². The Morgan fingerprint density at radius 2 is 2.05 bits per heavy atom. The number of carbonyl (C=O) groups excluding carboxylic acids is 1. The molecule has 1 aliphatic carbocycles. The molecule has 1 saturated carbocycles. The van der Waals surface area contributed by atoms with Crippen LogP contribution in [0.3, 0.4) is 0 Å². The van der Waals surface area contributed by atoms with Crippen LogP contribution in [0.5, 0.6) is 5.75 Å². The number of hydrogen-bond acceptors (Lipinski definition) is 3. The van der Waals surface area contributed by atoms with Crippen LogP contribution in [0.4, 0.5) is 0 Å². The first-order chi connectivity index (χ1) is 9.41. The SMILES string of the molecule is COC(=O)C1C(/C=C/c2ccc(OC)cc2Cl)C1(C)C. The Bertz CT molecular complexity index is 549. The molecule has 1 fully saturated rings. The van der Waals surface area contributed by atoms with Crippen molar-refractivity contribution in [2.45, 2.75) is 13.8 Å². The molecule has 0 aromatic heterocycles. The number of methoxy groups -OCH3 is 2. The fourth-order valence-electron chi connectivity index (χ4n) is 2.59. The maximum atomic E-state index is 11.7. The van der Waals surface area contributed by atoms with Crippen LogP contribution in [0.1, 0.15) is 19.4 Å². The third-order valence-electron chi connectivity index (χ3n) is 4.06. The van der Waals surface area contributed by atoms with Gasteiger partial charge in [-0.05, 0) is 35.1 Å². The highest BCUT2D eigenvalue weighted by Crippen LogP contribution is 2.59. The Hall–Kier alpha value is -1.48. The van der Waals surface area contributed by atoms with E-state index >= 15 is 0 Å². The highest BCUT2D eigenvalue weighted by Gasteiger charge is 2.61. The van der Waals surface area contributed by atoms with E-state index in [0.29, 0.717) is 5.02 Å². The van der Waals surface area contributed by atoms with E-state index in [0.717, 1.165) is 11.3 Å². The normalized spacial score (nSPS) is 23.6. The number of allylic oxidation sites excluding steroid dienone is 1. The summed E-state index contributed by atoms with van der Waals surface area (Å²) in [4.78, 5) is 11.7. The second-order valence-corrected chi connectivity index (χ2v) is 6.00. The van der Waals surface area contributed by atoms with Crippen LogP contribution < -0.4 is 4.74 Å². The number of hydrogen-bond donors (Lipinski definition) is 0. The third kappa shape index (κ3) is 2.68. The van der Waals surface area contributed by atoms with Gasteiger partial charge in [0.2, 0.25) is 0 Å². The molecule has 4 heteroatoms. The largest absolute Gasteiger partial charge is 0.497 e. The summed E-state index contributed by atoms with van der Waals surface area (Å²) in [7, 11) is 3.03. The maximum absolute atomic E-state index is 11.7. The number of halogens is 1. The van der Waals surface area contributed by atoms with Crippen molar-refractivity contribution in [1.29, 1.82) is 0 Å². The van der Waals surface area contributed by atoms with Crippen LogP contribution in [-0.2, 0) is 9.53 Å². The molecule has 108 valence electrons. The van der Waals surface area contributed by atoms with Crippen LogP contribution >= 0.6 is 11.6 Å². The van der Waals surface area contributed by atoms with Crippen molar-refractivity contribution >= 4 is 23.6 Å². The zero-order valence-corrected chi connectivity index (χ0v) is 12.9. The van der Waals surface area contributed by atoms with Crippen molar-refractivity contribution in [2.75, 3.05) is 14.2 Å². The molecule has 1 aromatic carbocycles. The van der Waals surface area contributed by atoms with Crippen molar-refractivity contribution in [3.63, 3.8) is 0 Å². The molecule has 0 aliphatic heterocycles. The monoisotopic (exact) mass is 294 g/mol. The van der Waals surface area contributed by atoms with Crippen LogP contribution in [-0.4, -0.2) is 20.2 Å². The van der Waals surface area contributed by atoms with E-state index in [1.807, 2.05) is 24.3 Å². The molecule has 20 heavy (non-hydrogen) atoms. The maximum Gasteiger partial charge on any atom is 0.309 e. The summed E-state index contributed by atoms with van der Waals surface area (Å²) in [6, 6.07) is 5.54. The zero-order chi connectivity index (χ0) is 14.9. The average Bonchev–Trinajstić information content (AvgIpc) is 2.97. The molecule has 3 nitrogen and oxygen atoms in total. The lowest BCUT2D eigenvalue weighted by Crippen LogP contribution is -2.07. The van der Waals surface area contributed by atoms with Gasteiger partial charge in [0.25, 0.3) is 0 Å². The van der Waals surface area contributed by atoms with E-state index in [9.17, 15) is 4.79 Å². The molecule has 0 bridgehead atoms. The van der Waals surface area contributed by atoms with Gasteiger partial charge < -0.3 is 9.47 Å². The predicted octanol–water partition coefficient (Wildman–Crippen LogP) is 3.81. The van der Waals surface area contributed by atoms with Crippen LogP contribution in [0.25, 0.3) is 6.08 Å². The zero-order valence-electron chi connectivity index (χ0n) is 12.1. The van der Waals surface area contributed by atoms with Crippen molar-refractivity contribution < 1.29 is 14.3 Å². The smallest absolute Gasteiger partial charge is 0.309 e. The van der Waals surface area contributed by atoms with E-state index < -0.39 is 0 Å². The molecule has 0 radical (unpaired) electrons. The highest BCUT2D eigenvalue weighted by atomic mass is 35.5. The van der Waals surface area contributed by atoms with Crippen molar-refractivity contribution in [2.24, 2.45) is 17.3 Å². The molecule has 2 unspecified atom stereocenters. The highest BCUT2D eigenvalue weighted by molar-refractivity contribution is 6.32. The number of ether oxygens (including phenoxy) is 2. The quantitative estimate of drug-likeness (QED) is 0.792. The first-order valence-corrected chi connectivity index (χ1v) is 6.89. The van der Waals surface area contributed by atoms with E-state index in [1.165, 1.54) is 7.11 Å². The number of rotatable bonds is 4. The fourth-order valence-corrected chi connectivity index (χ4v) is 2.82. The molecule has 0 N–H and O–H groups in total. The number of esters is 1. The van der Waals surface area contributed by atoms with E-state index in [2.05, 4.69) is 13.8 Å². The first kappa shape index (κ1) is 14.9. The Kier molecular flexibility index (Phi) is 4.09. The molecule has 0 heterocycles. The molecule has 0 saturated heterocycles. The Balaban J connectivity index is 2.13. The molecule has 2 rings (SSSR count). The van der Waals surface area contributed by atoms with Crippen LogP contribution in [0.15, 0.2) is 24.3 Å². The molecule has 0 spiro atoms. The summed E-state index contributed by atoms with van der Waals surface area (Å²) in [5.41, 5.74) is 0.863. The van der Waals surface area contributed by atoms with Gasteiger partial charge in [0.1, 0.15) is 5.75 Å². The molecular formula is C16H19ClO3. The fraction of sp³-hybridized carbons (Fsp3) is 0.438. The lowest BCUT2D eigenvalue weighted by atomic mass is 10.1. The van der Waals surface area contributed by atoms with Gasteiger partial charge in [-0.15, -0.1) is 0 Å². The van der Waals surface area contributed by atoms with Gasteiger partial charge in [-0.3, -0.25) is 4.79 Å². The van der Waals surface area contributed by atoms with Crippen LogP contribution in [0.2, 0.25) is 5.02 Å². The summed E-state index contributed by atoms with van der Waals surface area (Å²) in [5, 5.41) is 0.633. The van der Waals surface area contributed by atoms with E-state index in [4.69, 9.17) is 21.1 Å². The van der Waals surface area contributed by atoms with Crippen molar-refractivity contribution in [1.82, 2.24) is 0 Å². The molecule has 2 atom stereocenters. The van der Waals surface area contributed by atoms with Gasteiger partial charge in [-0.25, -0.2) is 0 Å². The summed E-state index contributed by atoms with van der Waals surface area (Å²) < 4.78 is 9.95. The minimum absolute atomic E-state index is 0.0530.